The van der Waals surface area contributed by atoms with Crippen LogP contribution in [0.4, 0.5) is 0 Å². The van der Waals surface area contributed by atoms with Gasteiger partial charge in [0.1, 0.15) is 0 Å². The summed E-state index contributed by atoms with van der Waals surface area (Å²) in [6.07, 6.45) is 4.33. The Balaban J connectivity index is 1.24. The number of amides is 2. The predicted molar refractivity (Wildman–Crippen MR) is 123 cm³/mol. The second-order valence-electron chi connectivity index (χ2n) is 7.83. The molecule has 2 amide bonds. The zero-order valence-electron chi connectivity index (χ0n) is 17.5. The predicted octanol–water partition coefficient (Wildman–Crippen LogP) is 3.44. The second kappa shape index (κ2) is 8.92. The third kappa shape index (κ3) is 4.01. The van der Waals surface area contributed by atoms with Crippen LogP contribution < -0.4 is 5.32 Å². The first-order valence-electron chi connectivity index (χ1n) is 10.7. The first kappa shape index (κ1) is 20.4. The molecular formula is C24H23N5O2S. The number of rotatable bonds is 6. The van der Waals surface area contributed by atoms with Gasteiger partial charge in [-0.25, -0.2) is 0 Å². The number of nitrogens with one attached hydrogen (secondary N) is 1. The Morgan fingerprint density at radius 1 is 1.12 bits per heavy atom. The highest BCUT2D eigenvalue weighted by Crippen LogP contribution is 2.28. The van der Waals surface area contributed by atoms with E-state index in [1.54, 1.807) is 11.1 Å². The largest absolute Gasteiger partial charge is 0.355 e. The van der Waals surface area contributed by atoms with Crippen molar-refractivity contribution in [3.63, 3.8) is 0 Å². The van der Waals surface area contributed by atoms with Gasteiger partial charge in [-0.1, -0.05) is 30.3 Å². The summed E-state index contributed by atoms with van der Waals surface area (Å²) in [4.78, 5) is 32.9. The summed E-state index contributed by atoms with van der Waals surface area (Å²) >= 11 is 1.42. The highest BCUT2D eigenvalue weighted by atomic mass is 32.1. The number of pyridine rings is 1. The fourth-order valence-corrected chi connectivity index (χ4v) is 4.85. The molecule has 3 aromatic heterocycles. The summed E-state index contributed by atoms with van der Waals surface area (Å²) in [6, 6.07) is 15.6. The molecule has 1 unspecified atom stereocenters. The maximum absolute atomic E-state index is 13.1. The van der Waals surface area contributed by atoms with E-state index in [2.05, 4.69) is 15.4 Å². The normalized spacial score (nSPS) is 15.5. The molecule has 0 aliphatic carbocycles. The molecule has 0 radical (unpaired) electrons. The third-order valence-electron chi connectivity index (χ3n) is 5.75. The summed E-state index contributed by atoms with van der Waals surface area (Å²) in [5, 5.41) is 10.5. The van der Waals surface area contributed by atoms with Gasteiger partial charge in [0.05, 0.1) is 28.2 Å². The number of aryl methyl sites for hydroxylation is 1. The van der Waals surface area contributed by atoms with Crippen molar-refractivity contribution in [2.24, 2.45) is 0 Å². The molecule has 1 aliphatic rings. The number of para-hydroxylation sites is 1. The van der Waals surface area contributed by atoms with Crippen LogP contribution in [-0.4, -0.2) is 44.6 Å². The van der Waals surface area contributed by atoms with E-state index in [4.69, 9.17) is 0 Å². The molecule has 162 valence electrons. The maximum atomic E-state index is 13.1. The molecule has 0 saturated heterocycles. The molecule has 5 rings (SSSR count). The SMILES string of the molecule is O=C(NCCCn1ncc2ccccc21)C1CN(C(=O)c2cccs2)Cc2cccnc21. The van der Waals surface area contributed by atoms with Gasteiger partial charge in [-0.2, -0.15) is 5.10 Å². The van der Waals surface area contributed by atoms with Gasteiger partial charge in [0.2, 0.25) is 5.91 Å². The smallest absolute Gasteiger partial charge is 0.264 e. The highest BCUT2D eigenvalue weighted by Gasteiger charge is 2.34. The minimum absolute atomic E-state index is 0.0436. The highest BCUT2D eigenvalue weighted by molar-refractivity contribution is 7.12. The van der Waals surface area contributed by atoms with Crippen molar-refractivity contribution < 1.29 is 9.59 Å². The lowest BCUT2D eigenvalue weighted by atomic mass is 9.93. The molecule has 1 atom stereocenters. The number of hydrogen-bond acceptors (Lipinski definition) is 5. The Labute approximate surface area is 189 Å². The molecule has 0 bridgehead atoms. The van der Waals surface area contributed by atoms with Gasteiger partial charge in [-0.15, -0.1) is 11.3 Å². The molecule has 1 N–H and O–H groups in total. The third-order valence-corrected chi connectivity index (χ3v) is 6.61. The quantitative estimate of drug-likeness (QED) is 0.461. The molecule has 0 fully saturated rings. The Morgan fingerprint density at radius 2 is 2.03 bits per heavy atom. The van der Waals surface area contributed by atoms with Crippen LogP contribution in [-0.2, 0) is 17.9 Å². The van der Waals surface area contributed by atoms with Crippen LogP contribution in [0.5, 0.6) is 0 Å². The van der Waals surface area contributed by atoms with E-state index in [0.29, 0.717) is 24.5 Å². The number of carbonyl (C=O) groups is 2. The second-order valence-corrected chi connectivity index (χ2v) is 8.78. The standard InChI is InChI=1S/C24H23N5O2S/c30-23(26-11-5-12-29-20-8-2-1-6-17(20)14-27-29)19-16-28(24(31)21-9-4-13-32-21)15-18-7-3-10-25-22(18)19/h1-4,6-10,13-14,19H,5,11-12,15-16H2,(H,26,30). The van der Waals surface area contributed by atoms with Crippen molar-refractivity contribution in [3.8, 4) is 0 Å². The first-order valence-corrected chi connectivity index (χ1v) is 11.5. The van der Waals surface area contributed by atoms with Gasteiger partial charge >= 0.3 is 0 Å². The van der Waals surface area contributed by atoms with Gasteiger partial charge in [-0.05, 0) is 35.6 Å². The molecule has 0 saturated carbocycles. The number of thiophene rings is 1. The van der Waals surface area contributed by atoms with Gasteiger partial charge in [0.25, 0.3) is 5.91 Å². The van der Waals surface area contributed by atoms with Crippen molar-refractivity contribution >= 4 is 34.1 Å². The molecule has 32 heavy (non-hydrogen) atoms. The number of benzene rings is 1. The molecule has 1 aliphatic heterocycles. The van der Waals surface area contributed by atoms with E-state index in [9.17, 15) is 9.59 Å². The van der Waals surface area contributed by atoms with Gasteiger partial charge in [0.15, 0.2) is 0 Å². The van der Waals surface area contributed by atoms with Crippen molar-refractivity contribution in [2.45, 2.75) is 25.4 Å². The summed E-state index contributed by atoms with van der Waals surface area (Å²) in [5.41, 5.74) is 2.78. The number of nitrogens with zero attached hydrogens (tertiary/aromatic N) is 4. The van der Waals surface area contributed by atoms with Crippen LogP contribution in [0.15, 0.2) is 66.3 Å². The van der Waals surface area contributed by atoms with Crippen molar-refractivity contribution in [2.75, 3.05) is 13.1 Å². The van der Waals surface area contributed by atoms with Crippen molar-refractivity contribution in [1.29, 1.82) is 0 Å². The van der Waals surface area contributed by atoms with E-state index < -0.39 is 5.92 Å². The monoisotopic (exact) mass is 445 g/mol. The number of fused-ring (bicyclic) bond motifs is 2. The van der Waals surface area contributed by atoms with Crippen LogP contribution in [0.25, 0.3) is 10.9 Å². The molecular weight excluding hydrogens is 422 g/mol. The fourth-order valence-electron chi connectivity index (χ4n) is 4.16. The summed E-state index contributed by atoms with van der Waals surface area (Å²) in [5.74, 6) is -0.619. The topological polar surface area (TPSA) is 80.1 Å². The Bertz CT molecular complexity index is 1250. The zero-order valence-corrected chi connectivity index (χ0v) is 18.3. The van der Waals surface area contributed by atoms with Gasteiger partial charge in [-0.3, -0.25) is 19.3 Å². The first-order chi connectivity index (χ1) is 15.7. The van der Waals surface area contributed by atoms with Crippen LogP contribution in [0.3, 0.4) is 0 Å². The molecule has 1 aromatic carbocycles. The lowest BCUT2D eigenvalue weighted by Gasteiger charge is -2.33. The fraction of sp³-hybridized carbons (Fsp3) is 0.250. The lowest BCUT2D eigenvalue weighted by molar-refractivity contribution is -0.123. The number of aromatic nitrogens is 3. The van der Waals surface area contributed by atoms with Crippen LogP contribution in [0, 0.1) is 0 Å². The van der Waals surface area contributed by atoms with Gasteiger partial charge in [0, 0.05) is 37.8 Å². The van der Waals surface area contributed by atoms with Crippen LogP contribution in [0.2, 0.25) is 0 Å². The van der Waals surface area contributed by atoms with E-state index in [0.717, 1.165) is 35.1 Å². The Morgan fingerprint density at radius 3 is 2.91 bits per heavy atom. The molecule has 4 heterocycles. The zero-order chi connectivity index (χ0) is 21.9. The molecule has 4 aromatic rings. The minimum atomic E-state index is -0.477. The van der Waals surface area contributed by atoms with E-state index in [1.807, 2.05) is 64.8 Å². The van der Waals surface area contributed by atoms with E-state index >= 15 is 0 Å². The van der Waals surface area contributed by atoms with Crippen LogP contribution in [0.1, 0.15) is 33.3 Å². The lowest BCUT2D eigenvalue weighted by Crippen LogP contribution is -2.44. The maximum Gasteiger partial charge on any atom is 0.264 e. The molecule has 8 heteroatoms. The van der Waals surface area contributed by atoms with Gasteiger partial charge < -0.3 is 10.2 Å². The van der Waals surface area contributed by atoms with Crippen molar-refractivity contribution in [1.82, 2.24) is 25.0 Å². The summed E-state index contributed by atoms with van der Waals surface area (Å²) in [6.45, 7) is 2.05. The molecule has 7 nitrogen and oxygen atoms in total. The van der Waals surface area contributed by atoms with Crippen LogP contribution >= 0.6 is 11.3 Å². The minimum Gasteiger partial charge on any atom is -0.355 e. The Kier molecular flexibility index (Phi) is 5.68. The average molecular weight is 446 g/mol. The number of carbonyl (C=O) groups excluding carboxylic acids is 2. The summed E-state index contributed by atoms with van der Waals surface area (Å²) in [7, 11) is 0. The summed E-state index contributed by atoms with van der Waals surface area (Å²) < 4.78 is 1.96. The van der Waals surface area contributed by atoms with E-state index in [-0.39, 0.29) is 11.8 Å². The van der Waals surface area contributed by atoms with E-state index in [1.165, 1.54) is 11.3 Å². The molecule has 0 spiro atoms. The van der Waals surface area contributed by atoms with Crippen molar-refractivity contribution in [3.05, 3.63) is 82.4 Å². The average Bonchev–Trinajstić information content (AvgIpc) is 3.51. The number of hydrogen-bond donors (Lipinski definition) is 1. The Hall–Kier alpha value is -3.52.